The Morgan fingerprint density at radius 1 is 0.962 bits per heavy atom. The second-order valence-electron chi connectivity index (χ2n) is 13.5. The second kappa shape index (κ2) is 16.0. The van der Waals surface area contributed by atoms with Gasteiger partial charge in [0.2, 0.25) is 5.43 Å². The van der Waals surface area contributed by atoms with Gasteiger partial charge in [-0.1, -0.05) is 48.0 Å². The van der Waals surface area contributed by atoms with Crippen LogP contribution in [-0.4, -0.2) is 67.5 Å². The normalized spacial score (nSPS) is 19.3. The maximum atomic E-state index is 13.8. The predicted molar refractivity (Wildman–Crippen MR) is 200 cm³/mol. The summed E-state index contributed by atoms with van der Waals surface area (Å²) in [5.74, 6) is 0.304. The van der Waals surface area contributed by atoms with Crippen molar-refractivity contribution in [2.24, 2.45) is 11.7 Å². The van der Waals surface area contributed by atoms with Gasteiger partial charge < -0.3 is 45.0 Å². The number of aryl methyl sites for hydroxylation is 1. The first-order valence-corrected chi connectivity index (χ1v) is 17.7. The van der Waals surface area contributed by atoms with Crippen LogP contribution in [0.3, 0.4) is 0 Å². The maximum Gasteiger partial charge on any atom is 0.261 e. The van der Waals surface area contributed by atoms with Crippen LogP contribution in [-0.2, 0) is 20.8 Å². The second-order valence-corrected chi connectivity index (χ2v) is 13.5. The zero-order valence-corrected chi connectivity index (χ0v) is 29.2. The molecule has 1 amide bonds. The van der Waals surface area contributed by atoms with Crippen LogP contribution < -0.4 is 26.5 Å². The highest BCUT2D eigenvalue weighted by Crippen LogP contribution is 2.33. The van der Waals surface area contributed by atoms with Gasteiger partial charge in [0, 0.05) is 49.6 Å². The number of aromatic hydroxyl groups is 1. The topological polar surface area (TPSA) is 146 Å². The molecule has 2 fully saturated rings. The number of phenolic OH excluding ortho intramolecular Hbond substituents is 1. The number of nitrogens with two attached hydrogens (primary N) is 1. The lowest BCUT2D eigenvalue weighted by Crippen LogP contribution is -2.36. The molecule has 0 bridgehead atoms. The molecule has 3 aromatic carbocycles. The molecule has 52 heavy (non-hydrogen) atoms. The third-order valence-corrected chi connectivity index (χ3v) is 9.64. The molecule has 0 radical (unpaired) electrons. The Morgan fingerprint density at radius 3 is 2.44 bits per heavy atom. The number of allylic oxidation sites excluding steroid dienone is 2. The molecule has 3 aliphatic rings. The fourth-order valence-electron chi connectivity index (χ4n) is 6.64. The van der Waals surface area contributed by atoms with Crippen LogP contribution >= 0.6 is 0 Å². The Bertz CT molecular complexity index is 2010. The van der Waals surface area contributed by atoms with Gasteiger partial charge in [-0.3, -0.25) is 9.59 Å². The molecular formula is C41H44N4O7. The number of nitrogens with zero attached hydrogens (tertiary/aromatic N) is 1. The van der Waals surface area contributed by atoms with E-state index in [1.807, 2.05) is 72.4 Å². The number of hydrogen-bond donors (Lipinski definition) is 4. The fourth-order valence-corrected chi connectivity index (χ4v) is 6.64. The van der Waals surface area contributed by atoms with Gasteiger partial charge in [0.05, 0.1) is 19.8 Å². The van der Waals surface area contributed by atoms with Gasteiger partial charge in [-0.15, -0.1) is 0 Å². The summed E-state index contributed by atoms with van der Waals surface area (Å²) in [6, 6.07) is 20.4. The van der Waals surface area contributed by atoms with Crippen LogP contribution in [0.15, 0.2) is 96.2 Å². The fraction of sp³-hybridized carbons (Fsp3) is 0.317. The molecule has 5 N–H and O–H groups in total. The number of nitrogens with one attached hydrogen (secondary N) is 2. The Kier molecular flexibility index (Phi) is 10.8. The molecule has 11 nitrogen and oxygen atoms in total. The van der Waals surface area contributed by atoms with Gasteiger partial charge in [-0.25, -0.2) is 0 Å². The van der Waals surface area contributed by atoms with Crippen LogP contribution in [0.4, 0.5) is 5.69 Å². The van der Waals surface area contributed by atoms with E-state index in [0.29, 0.717) is 62.5 Å². The molecule has 4 heterocycles. The van der Waals surface area contributed by atoms with E-state index >= 15 is 0 Å². The number of carbonyl (C=O) groups excluding carboxylic acids is 1. The molecule has 3 aliphatic heterocycles. The highest BCUT2D eigenvalue weighted by Gasteiger charge is 2.22. The summed E-state index contributed by atoms with van der Waals surface area (Å²) in [6.07, 6.45) is 8.52. The number of pyridine rings is 1. The SMILES string of the molecule is Cc1ccc(-c2cn(CC3CCOCC3)cc(C(=O)Nc3ccc(C4=CC(c5ccc(OC[C@@H]6COCCO6)c(O)c5)=CNC4N)cc3)c2=O)cc1. The van der Waals surface area contributed by atoms with Gasteiger partial charge in [-0.05, 0) is 83.9 Å². The summed E-state index contributed by atoms with van der Waals surface area (Å²) in [7, 11) is 0. The number of dihydropyridines is 1. The summed E-state index contributed by atoms with van der Waals surface area (Å²) in [5.41, 5.74) is 12.4. The third-order valence-electron chi connectivity index (χ3n) is 9.64. The van der Waals surface area contributed by atoms with E-state index in [9.17, 15) is 14.7 Å². The molecule has 2 saturated heterocycles. The third kappa shape index (κ3) is 8.29. The first-order valence-electron chi connectivity index (χ1n) is 17.7. The molecule has 7 rings (SSSR count). The van der Waals surface area contributed by atoms with Gasteiger partial charge in [0.25, 0.3) is 5.91 Å². The minimum atomic E-state index is -0.475. The number of anilines is 1. The molecule has 11 heteroatoms. The molecular weight excluding hydrogens is 660 g/mol. The first-order chi connectivity index (χ1) is 25.3. The molecule has 270 valence electrons. The van der Waals surface area contributed by atoms with Crippen LogP contribution in [0, 0.1) is 12.8 Å². The molecule has 0 saturated carbocycles. The quantitative estimate of drug-likeness (QED) is 0.172. The molecule has 0 aliphatic carbocycles. The van der Waals surface area contributed by atoms with E-state index in [2.05, 4.69) is 10.6 Å². The molecule has 0 spiro atoms. The Morgan fingerprint density at radius 2 is 1.71 bits per heavy atom. The van der Waals surface area contributed by atoms with Gasteiger partial charge in [-0.2, -0.15) is 0 Å². The van der Waals surface area contributed by atoms with E-state index in [1.54, 1.807) is 30.5 Å². The van der Waals surface area contributed by atoms with E-state index < -0.39 is 12.1 Å². The maximum absolute atomic E-state index is 13.8. The molecule has 4 aromatic rings. The van der Waals surface area contributed by atoms with Crippen LogP contribution in [0.25, 0.3) is 22.3 Å². The number of ether oxygens (including phenoxy) is 4. The number of rotatable bonds is 10. The first kappa shape index (κ1) is 35.2. The minimum absolute atomic E-state index is 0.0137. The average Bonchev–Trinajstić information content (AvgIpc) is 3.17. The van der Waals surface area contributed by atoms with E-state index in [1.165, 1.54) is 0 Å². The lowest BCUT2D eigenvalue weighted by molar-refractivity contribution is -0.101. The summed E-state index contributed by atoms with van der Waals surface area (Å²) in [6.45, 7) is 5.96. The van der Waals surface area contributed by atoms with Crippen molar-refractivity contribution in [1.29, 1.82) is 0 Å². The number of carbonyl (C=O) groups is 1. The van der Waals surface area contributed by atoms with Crippen molar-refractivity contribution in [1.82, 2.24) is 9.88 Å². The van der Waals surface area contributed by atoms with E-state index in [-0.39, 0.29) is 29.5 Å². The summed E-state index contributed by atoms with van der Waals surface area (Å²) >= 11 is 0. The monoisotopic (exact) mass is 704 g/mol. The average molecular weight is 705 g/mol. The van der Waals surface area contributed by atoms with Crippen molar-refractivity contribution in [2.75, 3.05) is 45.0 Å². The predicted octanol–water partition coefficient (Wildman–Crippen LogP) is 5.31. The number of amides is 1. The number of aromatic nitrogens is 1. The van der Waals surface area contributed by atoms with E-state index in [0.717, 1.165) is 46.2 Å². The van der Waals surface area contributed by atoms with E-state index in [4.69, 9.17) is 24.7 Å². The van der Waals surface area contributed by atoms with Crippen molar-refractivity contribution in [3.05, 3.63) is 124 Å². The van der Waals surface area contributed by atoms with Crippen molar-refractivity contribution in [2.45, 2.75) is 38.6 Å². The van der Waals surface area contributed by atoms with Crippen molar-refractivity contribution in [3.8, 4) is 22.6 Å². The summed E-state index contributed by atoms with van der Waals surface area (Å²) in [4.78, 5) is 27.4. The molecule has 2 atom stereocenters. The highest BCUT2D eigenvalue weighted by atomic mass is 16.6. The van der Waals surface area contributed by atoms with Crippen molar-refractivity contribution < 1.29 is 28.8 Å². The minimum Gasteiger partial charge on any atom is -0.504 e. The lowest BCUT2D eigenvalue weighted by Gasteiger charge is -2.24. The van der Waals surface area contributed by atoms with Gasteiger partial charge in [0.15, 0.2) is 11.5 Å². The standard InChI is InChI=1S/C41H44N4O7/c1-26-2-4-29(5-3-26)35-22-45(21-27-12-14-49-15-13-27)23-36(39(35)47)41(48)44-32-9-6-28(7-10-32)34-18-31(20-43-40(34)42)30-8-11-38(37(46)19-30)52-25-33-24-50-16-17-51-33/h2-11,18-20,22-23,27,33,40,43,46H,12-17,21,24-25,42H2,1H3,(H,44,48)/t33-,40?/m0/s1. The molecule has 1 unspecified atom stereocenters. The summed E-state index contributed by atoms with van der Waals surface area (Å²) < 4.78 is 24.3. The largest absolute Gasteiger partial charge is 0.504 e. The van der Waals surface area contributed by atoms with Crippen molar-refractivity contribution >= 4 is 22.7 Å². The Balaban J connectivity index is 1.07. The van der Waals surface area contributed by atoms with Crippen LogP contribution in [0.5, 0.6) is 11.5 Å². The number of phenols is 1. The zero-order chi connectivity index (χ0) is 36.0. The zero-order valence-electron chi connectivity index (χ0n) is 29.2. The number of hydrogen-bond acceptors (Lipinski definition) is 9. The summed E-state index contributed by atoms with van der Waals surface area (Å²) in [5, 5.41) is 16.8. The Labute approximate surface area is 302 Å². The molecule has 1 aromatic heterocycles. The van der Waals surface area contributed by atoms with Gasteiger partial charge >= 0.3 is 0 Å². The van der Waals surface area contributed by atoms with Crippen LogP contribution in [0.2, 0.25) is 0 Å². The van der Waals surface area contributed by atoms with Crippen molar-refractivity contribution in [3.63, 3.8) is 0 Å². The smallest absolute Gasteiger partial charge is 0.261 e. The van der Waals surface area contributed by atoms with Gasteiger partial charge in [0.1, 0.15) is 24.4 Å². The highest BCUT2D eigenvalue weighted by molar-refractivity contribution is 6.04. The lowest BCUT2D eigenvalue weighted by atomic mass is 9.95. The Hall–Kier alpha value is -5.20. The van der Waals surface area contributed by atoms with Crippen LogP contribution in [0.1, 0.15) is 39.9 Å². The number of benzene rings is 3.